The summed E-state index contributed by atoms with van der Waals surface area (Å²) in [4.78, 5) is 23.6. The van der Waals surface area contributed by atoms with Crippen LogP contribution in [0.15, 0.2) is 24.3 Å². The van der Waals surface area contributed by atoms with E-state index in [0.29, 0.717) is 11.1 Å². The molecule has 1 aliphatic heterocycles. The van der Waals surface area contributed by atoms with Crippen molar-refractivity contribution in [2.24, 2.45) is 0 Å². The molecule has 2 N–H and O–H groups in total. The summed E-state index contributed by atoms with van der Waals surface area (Å²) in [6.45, 7) is 3.94. The molecule has 23 heavy (non-hydrogen) atoms. The van der Waals surface area contributed by atoms with Gasteiger partial charge >= 0.3 is 0 Å². The molecule has 2 rings (SSSR count). The topological polar surface area (TPSA) is 67.4 Å². The standard InChI is InChI=1S/C16H22N2O3S2/c1-3-17-15(20)11(2)18-14(19)10-21-13-7-5-4-6-12(13)16-22-8-9-23-16/h4-7,11,16H,3,8-10H2,1-2H3,(H,17,20)(H,18,19)/t11-/m0/s1. The predicted molar refractivity (Wildman–Crippen MR) is 95.9 cm³/mol. The Balaban J connectivity index is 1.88. The largest absolute Gasteiger partial charge is 0.483 e. The van der Waals surface area contributed by atoms with Gasteiger partial charge in [-0.3, -0.25) is 9.59 Å². The first-order valence-corrected chi connectivity index (χ1v) is 9.73. The number of hydrogen-bond donors (Lipinski definition) is 2. The molecule has 0 aliphatic carbocycles. The summed E-state index contributed by atoms with van der Waals surface area (Å²) in [7, 11) is 0. The lowest BCUT2D eigenvalue weighted by Crippen LogP contribution is -2.46. The van der Waals surface area contributed by atoms with Crippen LogP contribution in [0.4, 0.5) is 0 Å². The highest BCUT2D eigenvalue weighted by molar-refractivity contribution is 8.19. The molecule has 0 radical (unpaired) electrons. The molecule has 0 spiro atoms. The Bertz CT molecular complexity index is 548. The van der Waals surface area contributed by atoms with Gasteiger partial charge in [-0.05, 0) is 19.9 Å². The summed E-state index contributed by atoms with van der Waals surface area (Å²) in [6.07, 6.45) is 0. The number of para-hydroxylation sites is 1. The van der Waals surface area contributed by atoms with E-state index in [-0.39, 0.29) is 18.4 Å². The Morgan fingerprint density at radius 3 is 2.70 bits per heavy atom. The Hall–Kier alpha value is -1.34. The zero-order valence-electron chi connectivity index (χ0n) is 13.3. The normalized spacial score (nSPS) is 15.9. The van der Waals surface area contributed by atoms with Gasteiger partial charge in [-0.2, -0.15) is 0 Å². The van der Waals surface area contributed by atoms with Crippen molar-refractivity contribution in [3.05, 3.63) is 29.8 Å². The van der Waals surface area contributed by atoms with Crippen LogP contribution in [0, 0.1) is 0 Å². The van der Waals surface area contributed by atoms with Gasteiger partial charge in [-0.15, -0.1) is 23.5 Å². The van der Waals surface area contributed by atoms with Gasteiger partial charge in [0.1, 0.15) is 11.8 Å². The third-order valence-electron chi connectivity index (χ3n) is 3.28. The maximum absolute atomic E-state index is 11.9. The first-order valence-electron chi connectivity index (χ1n) is 7.63. The van der Waals surface area contributed by atoms with Gasteiger partial charge in [0.15, 0.2) is 6.61 Å². The van der Waals surface area contributed by atoms with Gasteiger partial charge in [0, 0.05) is 23.6 Å². The zero-order chi connectivity index (χ0) is 16.7. The lowest BCUT2D eigenvalue weighted by molar-refractivity contribution is -0.129. The van der Waals surface area contributed by atoms with Crippen molar-refractivity contribution in [1.82, 2.24) is 10.6 Å². The average Bonchev–Trinajstić information content (AvgIpc) is 3.07. The van der Waals surface area contributed by atoms with Crippen LogP contribution in [0.2, 0.25) is 0 Å². The van der Waals surface area contributed by atoms with Gasteiger partial charge in [-0.25, -0.2) is 0 Å². The van der Waals surface area contributed by atoms with E-state index in [1.807, 2.05) is 54.7 Å². The summed E-state index contributed by atoms with van der Waals surface area (Å²) in [6, 6.07) is 7.25. The number of amides is 2. The average molecular weight is 354 g/mol. The number of carbonyl (C=O) groups is 2. The van der Waals surface area contributed by atoms with Crippen molar-refractivity contribution in [3.63, 3.8) is 0 Å². The quantitative estimate of drug-likeness (QED) is 0.786. The van der Waals surface area contributed by atoms with Crippen LogP contribution >= 0.6 is 23.5 Å². The van der Waals surface area contributed by atoms with Crippen molar-refractivity contribution < 1.29 is 14.3 Å². The molecule has 0 saturated carbocycles. The minimum absolute atomic E-state index is 0.0944. The maximum atomic E-state index is 11.9. The van der Waals surface area contributed by atoms with Crippen LogP contribution in [0.1, 0.15) is 24.0 Å². The Kier molecular flexibility index (Phi) is 7.11. The maximum Gasteiger partial charge on any atom is 0.258 e. The monoisotopic (exact) mass is 354 g/mol. The fraction of sp³-hybridized carbons (Fsp3) is 0.500. The molecule has 0 bridgehead atoms. The van der Waals surface area contributed by atoms with Crippen molar-refractivity contribution >= 4 is 35.3 Å². The summed E-state index contributed by atoms with van der Waals surface area (Å²) >= 11 is 3.79. The number of ether oxygens (including phenoxy) is 1. The number of benzene rings is 1. The van der Waals surface area contributed by atoms with Gasteiger partial charge in [0.25, 0.3) is 5.91 Å². The molecule has 1 aromatic carbocycles. The van der Waals surface area contributed by atoms with Crippen LogP contribution in [0.25, 0.3) is 0 Å². The molecule has 0 aromatic heterocycles. The smallest absolute Gasteiger partial charge is 0.258 e. The molecule has 0 unspecified atom stereocenters. The van der Waals surface area contributed by atoms with Crippen molar-refractivity contribution in [2.75, 3.05) is 24.7 Å². The van der Waals surface area contributed by atoms with E-state index in [0.717, 1.165) is 22.8 Å². The Labute approximate surface area is 145 Å². The molecule has 126 valence electrons. The molecule has 1 aliphatic rings. The SMILES string of the molecule is CCNC(=O)[C@H](C)NC(=O)COc1ccccc1C1SCCS1. The lowest BCUT2D eigenvalue weighted by Gasteiger charge is -2.16. The number of rotatable bonds is 7. The van der Waals surface area contributed by atoms with Crippen LogP contribution in [0.5, 0.6) is 5.75 Å². The number of hydrogen-bond acceptors (Lipinski definition) is 5. The molecule has 1 heterocycles. The molecule has 1 fully saturated rings. The molecule has 1 aromatic rings. The van der Waals surface area contributed by atoms with Crippen LogP contribution < -0.4 is 15.4 Å². The van der Waals surface area contributed by atoms with Crippen molar-refractivity contribution in [1.29, 1.82) is 0 Å². The fourth-order valence-corrected chi connectivity index (χ4v) is 5.07. The molecule has 5 nitrogen and oxygen atoms in total. The first-order chi connectivity index (χ1) is 11.1. The van der Waals surface area contributed by atoms with E-state index >= 15 is 0 Å². The molecule has 2 amide bonds. The summed E-state index contributed by atoms with van der Waals surface area (Å²) in [5.74, 6) is 2.51. The van der Waals surface area contributed by atoms with Crippen LogP contribution in [0.3, 0.4) is 0 Å². The van der Waals surface area contributed by atoms with E-state index in [1.165, 1.54) is 0 Å². The lowest BCUT2D eigenvalue weighted by atomic mass is 10.2. The Morgan fingerprint density at radius 2 is 2.00 bits per heavy atom. The summed E-state index contributed by atoms with van der Waals surface area (Å²) in [5.41, 5.74) is 1.12. The molecule has 7 heteroatoms. The third-order valence-corrected chi connectivity index (χ3v) is 6.34. The second-order valence-electron chi connectivity index (χ2n) is 5.08. The van der Waals surface area contributed by atoms with Gasteiger partial charge < -0.3 is 15.4 Å². The van der Waals surface area contributed by atoms with E-state index in [2.05, 4.69) is 10.6 Å². The number of thioether (sulfide) groups is 2. The van der Waals surface area contributed by atoms with Crippen molar-refractivity contribution in [3.8, 4) is 5.75 Å². The van der Waals surface area contributed by atoms with E-state index in [1.54, 1.807) is 6.92 Å². The summed E-state index contributed by atoms with van der Waals surface area (Å²) in [5, 5.41) is 5.31. The Morgan fingerprint density at radius 1 is 1.30 bits per heavy atom. The predicted octanol–water partition coefficient (Wildman–Crippen LogP) is 2.18. The molecular weight excluding hydrogens is 332 g/mol. The van der Waals surface area contributed by atoms with Crippen LogP contribution in [-0.4, -0.2) is 42.5 Å². The molecule has 1 saturated heterocycles. The highest BCUT2D eigenvalue weighted by atomic mass is 32.2. The zero-order valence-corrected chi connectivity index (χ0v) is 15.0. The van der Waals surface area contributed by atoms with Crippen molar-refractivity contribution in [2.45, 2.75) is 24.5 Å². The van der Waals surface area contributed by atoms with E-state index < -0.39 is 6.04 Å². The number of likely N-dealkylation sites (N-methyl/N-ethyl adjacent to an activating group) is 1. The molecule has 1 atom stereocenters. The third kappa shape index (κ3) is 5.35. The highest BCUT2D eigenvalue weighted by Gasteiger charge is 2.22. The second-order valence-corrected chi connectivity index (χ2v) is 7.81. The second kappa shape index (κ2) is 9.08. The number of carbonyl (C=O) groups excluding carboxylic acids is 2. The van der Waals surface area contributed by atoms with Gasteiger partial charge in [0.2, 0.25) is 5.91 Å². The number of nitrogens with one attached hydrogen (secondary N) is 2. The molecular formula is C16H22N2O3S2. The van der Waals surface area contributed by atoms with Crippen LogP contribution in [-0.2, 0) is 9.59 Å². The highest BCUT2D eigenvalue weighted by Crippen LogP contribution is 2.48. The van der Waals surface area contributed by atoms with Gasteiger partial charge in [-0.1, -0.05) is 18.2 Å². The fourth-order valence-electron chi connectivity index (χ4n) is 2.16. The first kappa shape index (κ1) is 18.0. The minimum atomic E-state index is -0.567. The van der Waals surface area contributed by atoms with Gasteiger partial charge in [0.05, 0.1) is 4.58 Å². The minimum Gasteiger partial charge on any atom is -0.483 e. The summed E-state index contributed by atoms with van der Waals surface area (Å²) < 4.78 is 6.05. The van der Waals surface area contributed by atoms with E-state index in [4.69, 9.17) is 4.74 Å². The van der Waals surface area contributed by atoms with E-state index in [9.17, 15) is 9.59 Å².